The zero-order chi connectivity index (χ0) is 21.2. The van der Waals surface area contributed by atoms with Crippen LogP contribution in [-0.2, 0) is 19.6 Å². The summed E-state index contributed by atoms with van der Waals surface area (Å²) in [6, 6.07) is 4.46. The minimum atomic E-state index is -3.45. The molecule has 29 heavy (non-hydrogen) atoms. The fourth-order valence-electron chi connectivity index (χ4n) is 3.65. The number of likely N-dealkylation sites (N-methyl/N-ethyl adjacent to an activating group) is 1. The third-order valence-corrected chi connectivity index (χ3v) is 6.66. The van der Waals surface area contributed by atoms with E-state index < -0.39 is 10.0 Å². The Bertz CT molecular complexity index is 888. The molecule has 2 aliphatic rings. The molecule has 0 saturated carbocycles. The third-order valence-electron chi connectivity index (χ3n) is 5.36. The Labute approximate surface area is 170 Å². The molecule has 1 saturated heterocycles. The van der Waals surface area contributed by atoms with Crippen LogP contribution in [0, 0.1) is 0 Å². The molecular weight excluding hydrogens is 398 g/mol. The Hall–Kier alpha value is -2.33. The van der Waals surface area contributed by atoms with Gasteiger partial charge in [0.25, 0.3) is 5.91 Å². The van der Waals surface area contributed by atoms with E-state index in [-0.39, 0.29) is 48.8 Å². The third kappa shape index (κ3) is 4.81. The second kappa shape index (κ2) is 8.58. The van der Waals surface area contributed by atoms with Crippen molar-refractivity contribution in [3.8, 4) is 5.75 Å². The van der Waals surface area contributed by atoms with Gasteiger partial charge in [0.15, 0.2) is 0 Å². The maximum atomic E-state index is 13.1. The van der Waals surface area contributed by atoms with Crippen LogP contribution in [0.3, 0.4) is 0 Å². The second-order valence-corrected chi connectivity index (χ2v) is 9.27. The molecule has 0 spiro atoms. The average molecular weight is 426 g/mol. The fraction of sp³-hybridized carbons (Fsp3) is 0.579. The van der Waals surface area contributed by atoms with Crippen molar-refractivity contribution >= 4 is 27.5 Å². The van der Waals surface area contributed by atoms with Gasteiger partial charge >= 0.3 is 0 Å². The van der Waals surface area contributed by atoms with E-state index in [1.807, 2.05) is 0 Å². The predicted octanol–water partition coefficient (Wildman–Crippen LogP) is 0.965. The lowest BCUT2D eigenvalue weighted by Gasteiger charge is -2.42. The Morgan fingerprint density at radius 3 is 2.76 bits per heavy atom. The molecule has 10 heteroatoms. The van der Waals surface area contributed by atoms with E-state index in [4.69, 9.17) is 9.47 Å². The van der Waals surface area contributed by atoms with Gasteiger partial charge in [0.1, 0.15) is 18.5 Å². The smallest absolute Gasteiger partial charge is 0.257 e. The number of hydrogen-bond donors (Lipinski definition) is 2. The summed E-state index contributed by atoms with van der Waals surface area (Å²) in [5.74, 6) is -0.0401. The topological polar surface area (TPSA) is 114 Å². The number of sulfonamides is 1. The number of carbonyl (C=O) groups excluding carboxylic acids is 2. The molecule has 2 amide bonds. The first-order valence-electron chi connectivity index (χ1n) is 9.64. The molecule has 9 nitrogen and oxygen atoms in total. The van der Waals surface area contributed by atoms with Crippen molar-refractivity contribution in [3.05, 3.63) is 23.8 Å². The van der Waals surface area contributed by atoms with Crippen LogP contribution in [0.25, 0.3) is 0 Å². The zero-order valence-electron chi connectivity index (χ0n) is 16.8. The molecule has 2 aliphatic heterocycles. The molecule has 1 aromatic rings. The van der Waals surface area contributed by atoms with Crippen LogP contribution in [0.4, 0.5) is 5.69 Å². The van der Waals surface area contributed by atoms with Crippen molar-refractivity contribution in [1.82, 2.24) is 10.2 Å². The Morgan fingerprint density at radius 1 is 1.31 bits per heavy atom. The summed E-state index contributed by atoms with van der Waals surface area (Å²) in [6.07, 6.45) is 1.06. The molecule has 2 N–H and O–H groups in total. The van der Waals surface area contributed by atoms with E-state index in [0.717, 1.165) is 0 Å². The number of rotatable bonds is 5. The van der Waals surface area contributed by atoms with Crippen molar-refractivity contribution in [2.24, 2.45) is 0 Å². The standard InChI is InChI=1S/C19H27N3O6S/c1-4-29(25,26)21-12-5-8-16-14(9-12)19(24)22(3)15-7-6-13(10-18(23)20-2)28-17(15)11-27-16/h5,8-9,13,15,17,21H,4,6-7,10-11H2,1-3H3,(H,20,23)/t13-,15+,17-/m0/s1. The minimum Gasteiger partial charge on any atom is -0.490 e. The lowest BCUT2D eigenvalue weighted by Crippen LogP contribution is -2.53. The van der Waals surface area contributed by atoms with Crippen LogP contribution in [0.15, 0.2) is 18.2 Å². The van der Waals surface area contributed by atoms with Crippen LogP contribution >= 0.6 is 0 Å². The molecule has 1 aromatic carbocycles. The van der Waals surface area contributed by atoms with Gasteiger partial charge < -0.3 is 19.7 Å². The number of carbonyl (C=O) groups is 2. The number of hydrogen-bond acceptors (Lipinski definition) is 6. The van der Waals surface area contributed by atoms with E-state index in [1.54, 1.807) is 38.1 Å². The molecule has 3 atom stereocenters. The first kappa shape index (κ1) is 21.4. The van der Waals surface area contributed by atoms with E-state index >= 15 is 0 Å². The monoisotopic (exact) mass is 425 g/mol. The summed E-state index contributed by atoms with van der Waals surface area (Å²) in [4.78, 5) is 26.4. The normalized spacial score (nSPS) is 24.4. The molecule has 1 fully saturated rings. The fourth-order valence-corrected chi connectivity index (χ4v) is 4.28. The highest BCUT2D eigenvalue weighted by atomic mass is 32.2. The van der Waals surface area contributed by atoms with Gasteiger partial charge in [-0.25, -0.2) is 8.42 Å². The number of benzene rings is 1. The maximum absolute atomic E-state index is 13.1. The number of nitrogens with one attached hydrogen (secondary N) is 2. The lowest BCUT2D eigenvalue weighted by molar-refractivity contribution is -0.133. The molecule has 160 valence electrons. The lowest BCUT2D eigenvalue weighted by atomic mass is 9.94. The zero-order valence-corrected chi connectivity index (χ0v) is 17.6. The van der Waals surface area contributed by atoms with Crippen LogP contribution in [-0.4, -0.2) is 69.8 Å². The average Bonchev–Trinajstić information content (AvgIpc) is 2.70. The predicted molar refractivity (Wildman–Crippen MR) is 107 cm³/mol. The van der Waals surface area contributed by atoms with E-state index in [0.29, 0.717) is 29.8 Å². The van der Waals surface area contributed by atoms with E-state index in [9.17, 15) is 18.0 Å². The van der Waals surface area contributed by atoms with Crippen molar-refractivity contribution < 1.29 is 27.5 Å². The quantitative estimate of drug-likeness (QED) is 0.727. The Balaban J connectivity index is 1.82. The van der Waals surface area contributed by atoms with Gasteiger partial charge in [0.05, 0.1) is 29.9 Å². The molecule has 0 unspecified atom stereocenters. The maximum Gasteiger partial charge on any atom is 0.257 e. The summed E-state index contributed by atoms with van der Waals surface area (Å²) < 4.78 is 38.1. The molecular formula is C19H27N3O6S. The number of anilines is 1. The van der Waals surface area contributed by atoms with Crippen LogP contribution in [0.1, 0.15) is 36.5 Å². The van der Waals surface area contributed by atoms with Gasteiger partial charge in [0, 0.05) is 19.8 Å². The SMILES string of the molecule is CCS(=O)(=O)Nc1ccc2c(c1)C(=O)N(C)[C@@H]1CC[C@@H](CC(=O)NC)O[C@H]1CO2. The number of nitrogens with zero attached hydrogens (tertiary/aromatic N) is 1. The molecule has 2 heterocycles. The van der Waals surface area contributed by atoms with Crippen LogP contribution in [0.5, 0.6) is 5.75 Å². The number of fused-ring (bicyclic) bond motifs is 2. The molecule has 0 aromatic heterocycles. The van der Waals surface area contributed by atoms with Crippen molar-refractivity contribution in [2.45, 2.75) is 44.4 Å². The van der Waals surface area contributed by atoms with Gasteiger partial charge in [-0.05, 0) is 38.0 Å². The van der Waals surface area contributed by atoms with Gasteiger partial charge in [-0.3, -0.25) is 14.3 Å². The first-order chi connectivity index (χ1) is 13.7. The number of ether oxygens (including phenoxy) is 2. The van der Waals surface area contributed by atoms with Crippen molar-refractivity contribution in [3.63, 3.8) is 0 Å². The Morgan fingerprint density at radius 2 is 2.07 bits per heavy atom. The van der Waals surface area contributed by atoms with Crippen molar-refractivity contribution in [1.29, 1.82) is 0 Å². The summed E-state index contributed by atoms with van der Waals surface area (Å²) in [5.41, 5.74) is 0.619. The highest BCUT2D eigenvalue weighted by Crippen LogP contribution is 2.32. The van der Waals surface area contributed by atoms with Gasteiger partial charge in [-0.15, -0.1) is 0 Å². The highest BCUT2D eigenvalue weighted by molar-refractivity contribution is 7.92. The van der Waals surface area contributed by atoms with Gasteiger partial charge in [-0.2, -0.15) is 0 Å². The van der Waals surface area contributed by atoms with Gasteiger partial charge in [0.2, 0.25) is 15.9 Å². The molecule has 0 aliphatic carbocycles. The summed E-state index contributed by atoms with van der Waals surface area (Å²) in [6.45, 7) is 1.78. The molecule has 3 rings (SSSR count). The first-order valence-corrected chi connectivity index (χ1v) is 11.3. The van der Waals surface area contributed by atoms with E-state index in [1.165, 1.54) is 6.07 Å². The van der Waals surface area contributed by atoms with Crippen molar-refractivity contribution in [2.75, 3.05) is 31.2 Å². The minimum absolute atomic E-state index is 0.0628. The largest absolute Gasteiger partial charge is 0.490 e. The van der Waals surface area contributed by atoms with Crippen LogP contribution in [0.2, 0.25) is 0 Å². The highest BCUT2D eigenvalue weighted by Gasteiger charge is 2.39. The summed E-state index contributed by atoms with van der Waals surface area (Å²) >= 11 is 0. The van der Waals surface area contributed by atoms with Gasteiger partial charge in [-0.1, -0.05) is 0 Å². The number of amides is 2. The van der Waals surface area contributed by atoms with Crippen LogP contribution < -0.4 is 14.8 Å². The summed E-state index contributed by atoms with van der Waals surface area (Å²) in [7, 11) is -0.155. The molecule has 0 bridgehead atoms. The molecule has 0 radical (unpaired) electrons. The second-order valence-electron chi connectivity index (χ2n) is 7.26. The van der Waals surface area contributed by atoms with E-state index in [2.05, 4.69) is 10.0 Å². The summed E-state index contributed by atoms with van der Waals surface area (Å²) in [5, 5.41) is 2.60. The Kier molecular flexibility index (Phi) is 6.33.